The Bertz CT molecular complexity index is 409. The lowest BCUT2D eigenvalue weighted by Gasteiger charge is -2.19. The van der Waals surface area contributed by atoms with Gasteiger partial charge in [0, 0.05) is 19.5 Å². The Balaban J connectivity index is 3.55. The van der Waals surface area contributed by atoms with Crippen LogP contribution in [0.4, 0.5) is 4.79 Å². The maximum absolute atomic E-state index is 11.5. The van der Waals surface area contributed by atoms with E-state index in [1.54, 1.807) is 20.8 Å². The van der Waals surface area contributed by atoms with Crippen molar-refractivity contribution >= 4 is 18.0 Å². The van der Waals surface area contributed by atoms with Gasteiger partial charge < -0.3 is 30.6 Å². The summed E-state index contributed by atoms with van der Waals surface area (Å²) in [5.41, 5.74) is 4.99. The van der Waals surface area contributed by atoms with Crippen molar-refractivity contribution in [2.24, 2.45) is 5.73 Å². The van der Waals surface area contributed by atoms with E-state index in [1.807, 2.05) is 0 Å². The topological polar surface area (TPSA) is 129 Å². The lowest BCUT2D eigenvalue weighted by atomic mass is 10.1. The predicted octanol–water partition coefficient (Wildman–Crippen LogP) is -0.0756. The number of alkyl carbamates (subject to hydrolysis) is 1. The highest BCUT2D eigenvalue weighted by Gasteiger charge is 2.16. The number of rotatable bonds is 10. The highest BCUT2D eigenvalue weighted by Crippen LogP contribution is 2.06. The Morgan fingerprint density at radius 1 is 1.08 bits per heavy atom. The van der Waals surface area contributed by atoms with Crippen LogP contribution in [0, 0.1) is 0 Å². The molecule has 4 N–H and O–H groups in total. The molecule has 24 heavy (non-hydrogen) atoms. The largest absolute Gasteiger partial charge is 0.468 e. The summed E-state index contributed by atoms with van der Waals surface area (Å²) >= 11 is 0. The highest BCUT2D eigenvalue weighted by molar-refractivity contribution is 5.79. The Kier molecular flexibility index (Phi) is 10.7. The first-order valence-corrected chi connectivity index (χ1v) is 7.80. The summed E-state index contributed by atoms with van der Waals surface area (Å²) in [5, 5.41) is 5.20. The number of methoxy groups -OCH3 is 1. The maximum atomic E-state index is 11.5. The van der Waals surface area contributed by atoms with E-state index in [9.17, 15) is 14.4 Å². The molecule has 0 rings (SSSR count). The van der Waals surface area contributed by atoms with Crippen molar-refractivity contribution in [3.8, 4) is 0 Å². The third-order valence-corrected chi connectivity index (χ3v) is 2.67. The first-order chi connectivity index (χ1) is 11.2. The molecule has 0 radical (unpaired) electrons. The van der Waals surface area contributed by atoms with Crippen LogP contribution in [0.2, 0.25) is 0 Å². The number of esters is 1. The van der Waals surface area contributed by atoms with Crippen molar-refractivity contribution in [1.82, 2.24) is 10.6 Å². The third-order valence-electron chi connectivity index (χ3n) is 2.67. The van der Waals surface area contributed by atoms with E-state index >= 15 is 0 Å². The van der Waals surface area contributed by atoms with Crippen LogP contribution in [0.25, 0.3) is 0 Å². The van der Waals surface area contributed by atoms with Crippen LogP contribution in [0.1, 0.15) is 33.6 Å². The SMILES string of the molecule is COC(=O)C(N)CCC(=O)NCCOCCNC(=O)OC(C)(C)C. The van der Waals surface area contributed by atoms with E-state index in [-0.39, 0.29) is 18.7 Å². The lowest BCUT2D eigenvalue weighted by molar-refractivity contribution is -0.142. The van der Waals surface area contributed by atoms with Crippen LogP contribution in [0.5, 0.6) is 0 Å². The van der Waals surface area contributed by atoms with Gasteiger partial charge >= 0.3 is 12.1 Å². The average Bonchev–Trinajstić information content (AvgIpc) is 2.48. The van der Waals surface area contributed by atoms with Gasteiger partial charge in [-0.15, -0.1) is 0 Å². The third kappa shape index (κ3) is 12.7. The molecule has 0 aromatic heterocycles. The van der Waals surface area contributed by atoms with Gasteiger partial charge in [-0.1, -0.05) is 0 Å². The molecule has 0 aromatic carbocycles. The van der Waals surface area contributed by atoms with Crippen LogP contribution in [0.3, 0.4) is 0 Å². The first-order valence-electron chi connectivity index (χ1n) is 7.80. The fraction of sp³-hybridized carbons (Fsp3) is 0.800. The summed E-state index contributed by atoms with van der Waals surface area (Å²) in [6, 6.07) is -0.795. The summed E-state index contributed by atoms with van der Waals surface area (Å²) in [7, 11) is 1.25. The molecular weight excluding hydrogens is 318 g/mol. The van der Waals surface area contributed by atoms with E-state index in [4.69, 9.17) is 15.2 Å². The molecule has 0 saturated heterocycles. The molecule has 140 valence electrons. The molecule has 0 aliphatic heterocycles. The van der Waals surface area contributed by atoms with Gasteiger partial charge in [-0.05, 0) is 27.2 Å². The first kappa shape index (κ1) is 22.1. The van der Waals surface area contributed by atoms with Crippen LogP contribution in [-0.4, -0.2) is 63.0 Å². The van der Waals surface area contributed by atoms with Gasteiger partial charge in [0.1, 0.15) is 11.6 Å². The number of amides is 2. The molecule has 0 aromatic rings. The molecule has 0 aliphatic carbocycles. The van der Waals surface area contributed by atoms with Crippen LogP contribution in [0.15, 0.2) is 0 Å². The number of hydrogen-bond acceptors (Lipinski definition) is 7. The number of carbonyl (C=O) groups excluding carboxylic acids is 3. The van der Waals surface area contributed by atoms with Crippen molar-refractivity contribution in [1.29, 1.82) is 0 Å². The number of ether oxygens (including phenoxy) is 3. The summed E-state index contributed by atoms with van der Waals surface area (Å²) in [5.74, 6) is -0.756. The predicted molar refractivity (Wildman–Crippen MR) is 87.3 cm³/mol. The van der Waals surface area contributed by atoms with Gasteiger partial charge in [-0.25, -0.2) is 4.79 Å². The summed E-state index contributed by atoms with van der Waals surface area (Å²) in [6.07, 6.45) is -0.142. The second-order valence-corrected chi connectivity index (χ2v) is 6.06. The summed E-state index contributed by atoms with van der Waals surface area (Å²) in [6.45, 7) is 6.61. The second kappa shape index (κ2) is 11.6. The Morgan fingerprint density at radius 2 is 1.67 bits per heavy atom. The Morgan fingerprint density at radius 3 is 2.21 bits per heavy atom. The van der Waals surface area contributed by atoms with Gasteiger partial charge in [0.2, 0.25) is 5.91 Å². The Hall–Kier alpha value is -1.87. The highest BCUT2D eigenvalue weighted by atomic mass is 16.6. The minimum absolute atomic E-state index is 0.135. The van der Waals surface area contributed by atoms with E-state index in [0.29, 0.717) is 26.3 Å². The molecule has 0 fully saturated rings. The fourth-order valence-corrected chi connectivity index (χ4v) is 1.55. The van der Waals surface area contributed by atoms with Crippen LogP contribution >= 0.6 is 0 Å². The van der Waals surface area contributed by atoms with Gasteiger partial charge in [-0.2, -0.15) is 0 Å². The maximum Gasteiger partial charge on any atom is 0.407 e. The standard InChI is InChI=1S/C15H29N3O6/c1-15(2,3)24-14(21)18-8-10-23-9-7-17-12(19)6-5-11(16)13(20)22-4/h11H,5-10,16H2,1-4H3,(H,17,19)(H,18,21). The monoisotopic (exact) mass is 347 g/mol. The van der Waals surface area contributed by atoms with Crippen molar-refractivity contribution in [3.05, 3.63) is 0 Å². The van der Waals surface area contributed by atoms with Crippen molar-refractivity contribution in [2.45, 2.75) is 45.3 Å². The molecule has 0 saturated carbocycles. The molecule has 0 spiro atoms. The van der Waals surface area contributed by atoms with Crippen LogP contribution in [-0.2, 0) is 23.8 Å². The van der Waals surface area contributed by atoms with Gasteiger partial charge in [0.25, 0.3) is 0 Å². The van der Waals surface area contributed by atoms with Gasteiger partial charge in [-0.3, -0.25) is 9.59 Å². The molecule has 0 bridgehead atoms. The number of nitrogens with two attached hydrogens (primary N) is 1. The molecule has 9 nitrogen and oxygen atoms in total. The zero-order valence-electron chi connectivity index (χ0n) is 14.8. The van der Waals surface area contributed by atoms with Crippen molar-refractivity contribution < 1.29 is 28.6 Å². The van der Waals surface area contributed by atoms with Gasteiger partial charge in [0.15, 0.2) is 0 Å². The quantitative estimate of drug-likeness (QED) is 0.372. The van der Waals surface area contributed by atoms with E-state index in [0.717, 1.165) is 0 Å². The molecule has 0 aliphatic rings. The van der Waals surface area contributed by atoms with Crippen molar-refractivity contribution in [2.75, 3.05) is 33.4 Å². The molecule has 9 heteroatoms. The fourth-order valence-electron chi connectivity index (χ4n) is 1.55. The second-order valence-electron chi connectivity index (χ2n) is 6.06. The van der Waals surface area contributed by atoms with E-state index in [2.05, 4.69) is 15.4 Å². The number of nitrogens with one attached hydrogen (secondary N) is 2. The van der Waals surface area contributed by atoms with E-state index in [1.165, 1.54) is 7.11 Å². The van der Waals surface area contributed by atoms with E-state index < -0.39 is 23.7 Å². The summed E-state index contributed by atoms with van der Waals surface area (Å²) < 4.78 is 14.8. The molecular formula is C15H29N3O6. The Labute approximate surface area is 142 Å². The molecule has 2 amide bonds. The minimum Gasteiger partial charge on any atom is -0.468 e. The normalized spacial score (nSPS) is 12.2. The smallest absolute Gasteiger partial charge is 0.407 e. The van der Waals surface area contributed by atoms with Crippen LogP contribution < -0.4 is 16.4 Å². The summed E-state index contributed by atoms with van der Waals surface area (Å²) in [4.78, 5) is 33.9. The number of carbonyl (C=O) groups is 3. The minimum atomic E-state index is -0.795. The number of hydrogen-bond donors (Lipinski definition) is 3. The molecule has 1 atom stereocenters. The lowest BCUT2D eigenvalue weighted by Crippen LogP contribution is -2.35. The molecule has 1 unspecified atom stereocenters. The average molecular weight is 347 g/mol. The van der Waals surface area contributed by atoms with Crippen molar-refractivity contribution in [3.63, 3.8) is 0 Å². The van der Waals surface area contributed by atoms with Gasteiger partial charge in [0.05, 0.1) is 20.3 Å². The molecule has 0 heterocycles. The zero-order valence-corrected chi connectivity index (χ0v) is 14.8. The zero-order chi connectivity index (χ0) is 18.6.